The molecule has 1 heterocycles. The molecular formula is C11H19N3O. The highest BCUT2D eigenvalue weighted by Gasteiger charge is 2.04. The van der Waals surface area contributed by atoms with E-state index >= 15 is 0 Å². The zero-order valence-corrected chi connectivity index (χ0v) is 9.19. The highest BCUT2D eigenvalue weighted by atomic mass is 16.3. The second-order valence-electron chi connectivity index (χ2n) is 3.66. The van der Waals surface area contributed by atoms with Gasteiger partial charge in [-0.2, -0.15) is 0 Å². The molecule has 0 saturated heterocycles. The quantitative estimate of drug-likeness (QED) is 0.702. The molecule has 84 valence electrons. The Labute approximate surface area is 90.8 Å². The minimum Gasteiger partial charge on any atom is -0.396 e. The van der Waals surface area contributed by atoms with Gasteiger partial charge < -0.3 is 10.4 Å². The summed E-state index contributed by atoms with van der Waals surface area (Å²) in [4.78, 5) is 7.90. The van der Waals surface area contributed by atoms with Gasteiger partial charge in [-0.25, -0.2) is 9.97 Å². The first kappa shape index (κ1) is 12.1. The molecule has 0 bridgehead atoms. The second kappa shape index (κ2) is 7.31. The van der Waals surface area contributed by atoms with E-state index in [2.05, 4.69) is 22.2 Å². The molecule has 1 aromatic rings. The third kappa shape index (κ3) is 4.85. The second-order valence-corrected chi connectivity index (χ2v) is 3.66. The van der Waals surface area contributed by atoms with E-state index in [1.54, 1.807) is 0 Å². The number of aromatic nitrogens is 2. The lowest BCUT2D eigenvalue weighted by molar-refractivity contribution is 0.251. The average Bonchev–Trinajstić information content (AvgIpc) is 2.29. The van der Waals surface area contributed by atoms with Gasteiger partial charge in [-0.15, -0.1) is 0 Å². The molecule has 2 N–H and O–H groups in total. The number of nitrogens with zero attached hydrogens (tertiary/aromatic N) is 2. The maximum absolute atomic E-state index is 8.84. The lowest BCUT2D eigenvalue weighted by Crippen LogP contribution is -2.23. The molecule has 15 heavy (non-hydrogen) atoms. The summed E-state index contributed by atoms with van der Waals surface area (Å²) in [5, 5.41) is 12.2. The van der Waals surface area contributed by atoms with Crippen molar-refractivity contribution in [2.45, 2.75) is 26.3 Å². The first-order valence-corrected chi connectivity index (χ1v) is 5.42. The fraction of sp³-hybridized carbons (Fsp3) is 0.636. The molecule has 0 aliphatic carbocycles. The Morgan fingerprint density at radius 1 is 1.40 bits per heavy atom. The maximum Gasteiger partial charge on any atom is 0.115 e. The molecule has 1 atom stereocenters. The average molecular weight is 209 g/mol. The van der Waals surface area contributed by atoms with Crippen LogP contribution in [0.4, 0.5) is 0 Å². The van der Waals surface area contributed by atoms with E-state index in [1.807, 2.05) is 12.4 Å². The van der Waals surface area contributed by atoms with E-state index in [1.165, 1.54) is 6.33 Å². The van der Waals surface area contributed by atoms with Crippen LogP contribution in [0.2, 0.25) is 0 Å². The van der Waals surface area contributed by atoms with Crippen LogP contribution in [-0.2, 0) is 6.54 Å². The molecule has 0 aliphatic heterocycles. The Morgan fingerprint density at radius 3 is 2.73 bits per heavy atom. The summed E-state index contributed by atoms with van der Waals surface area (Å²) < 4.78 is 0. The largest absolute Gasteiger partial charge is 0.396 e. The van der Waals surface area contributed by atoms with E-state index in [4.69, 9.17) is 5.11 Å². The van der Waals surface area contributed by atoms with Crippen LogP contribution in [-0.4, -0.2) is 28.2 Å². The summed E-state index contributed by atoms with van der Waals surface area (Å²) in [6, 6.07) is 0. The summed E-state index contributed by atoms with van der Waals surface area (Å²) in [5.74, 6) is 0.555. The number of aliphatic hydroxyl groups excluding tert-OH is 1. The normalized spacial score (nSPS) is 12.7. The van der Waals surface area contributed by atoms with Gasteiger partial charge in [-0.3, -0.25) is 0 Å². The highest BCUT2D eigenvalue weighted by molar-refractivity contribution is 5.01. The van der Waals surface area contributed by atoms with E-state index in [0.717, 1.165) is 31.5 Å². The Kier molecular flexibility index (Phi) is 5.88. The maximum atomic E-state index is 8.84. The van der Waals surface area contributed by atoms with Crippen LogP contribution in [0.25, 0.3) is 0 Å². The summed E-state index contributed by atoms with van der Waals surface area (Å²) in [5.41, 5.74) is 1.09. The number of aliphatic hydroxyl groups is 1. The predicted molar refractivity (Wildman–Crippen MR) is 59.2 cm³/mol. The van der Waals surface area contributed by atoms with Crippen molar-refractivity contribution in [1.29, 1.82) is 0 Å². The lowest BCUT2D eigenvalue weighted by Gasteiger charge is -2.13. The first-order valence-electron chi connectivity index (χ1n) is 5.42. The van der Waals surface area contributed by atoms with Gasteiger partial charge in [0.2, 0.25) is 0 Å². The molecule has 1 rings (SSSR count). The molecule has 0 saturated carbocycles. The molecule has 0 radical (unpaired) electrons. The van der Waals surface area contributed by atoms with Crippen molar-refractivity contribution >= 4 is 0 Å². The Bertz CT molecular complexity index is 253. The van der Waals surface area contributed by atoms with Crippen LogP contribution >= 0.6 is 0 Å². The van der Waals surface area contributed by atoms with Crippen molar-refractivity contribution in [3.8, 4) is 0 Å². The molecule has 0 spiro atoms. The van der Waals surface area contributed by atoms with E-state index in [0.29, 0.717) is 5.92 Å². The number of hydrogen-bond donors (Lipinski definition) is 2. The van der Waals surface area contributed by atoms with Crippen LogP contribution in [0.3, 0.4) is 0 Å². The number of hydrogen-bond acceptors (Lipinski definition) is 4. The smallest absolute Gasteiger partial charge is 0.115 e. The minimum atomic E-state index is 0.272. The molecular weight excluding hydrogens is 190 g/mol. The molecule has 0 fully saturated rings. The fourth-order valence-electron chi connectivity index (χ4n) is 1.47. The molecule has 4 nitrogen and oxygen atoms in total. The van der Waals surface area contributed by atoms with Crippen LogP contribution in [0.15, 0.2) is 18.7 Å². The summed E-state index contributed by atoms with van der Waals surface area (Å²) in [6.07, 6.45) is 7.12. The molecule has 0 aromatic carbocycles. The van der Waals surface area contributed by atoms with Gasteiger partial charge >= 0.3 is 0 Å². The van der Waals surface area contributed by atoms with Gasteiger partial charge in [0.05, 0.1) is 0 Å². The van der Waals surface area contributed by atoms with Crippen molar-refractivity contribution in [3.63, 3.8) is 0 Å². The fourth-order valence-corrected chi connectivity index (χ4v) is 1.47. The SMILES string of the molecule is CCC(CCO)CNCc1cncnc1. The van der Waals surface area contributed by atoms with Crippen LogP contribution in [0.1, 0.15) is 25.3 Å². The van der Waals surface area contributed by atoms with Gasteiger partial charge in [-0.05, 0) is 18.9 Å². The zero-order valence-electron chi connectivity index (χ0n) is 9.19. The van der Waals surface area contributed by atoms with Gasteiger partial charge in [0.1, 0.15) is 6.33 Å². The van der Waals surface area contributed by atoms with Crippen molar-refractivity contribution < 1.29 is 5.11 Å². The van der Waals surface area contributed by atoms with Gasteiger partial charge in [0, 0.05) is 31.1 Å². The van der Waals surface area contributed by atoms with Crippen molar-refractivity contribution in [3.05, 3.63) is 24.3 Å². The zero-order chi connectivity index (χ0) is 10.9. The molecule has 1 unspecified atom stereocenters. The van der Waals surface area contributed by atoms with Crippen molar-refractivity contribution in [2.75, 3.05) is 13.2 Å². The molecule has 4 heteroatoms. The van der Waals surface area contributed by atoms with Crippen molar-refractivity contribution in [2.24, 2.45) is 5.92 Å². The molecule has 1 aromatic heterocycles. The Hall–Kier alpha value is -1.00. The van der Waals surface area contributed by atoms with Crippen LogP contribution in [0, 0.1) is 5.92 Å². The summed E-state index contributed by atoms with van der Waals surface area (Å²) in [7, 11) is 0. The number of rotatable bonds is 7. The summed E-state index contributed by atoms with van der Waals surface area (Å²) in [6.45, 7) is 4.15. The van der Waals surface area contributed by atoms with Gasteiger partial charge in [-0.1, -0.05) is 13.3 Å². The first-order chi connectivity index (χ1) is 7.36. The topological polar surface area (TPSA) is 58.0 Å². The van der Waals surface area contributed by atoms with Crippen LogP contribution in [0.5, 0.6) is 0 Å². The highest BCUT2D eigenvalue weighted by Crippen LogP contribution is 2.05. The van der Waals surface area contributed by atoms with Crippen LogP contribution < -0.4 is 5.32 Å². The Morgan fingerprint density at radius 2 is 2.13 bits per heavy atom. The van der Waals surface area contributed by atoms with E-state index in [-0.39, 0.29) is 6.61 Å². The minimum absolute atomic E-state index is 0.272. The predicted octanol–water partition coefficient (Wildman–Crippen LogP) is 0.975. The number of nitrogens with one attached hydrogen (secondary N) is 1. The third-order valence-electron chi connectivity index (χ3n) is 2.49. The van der Waals surface area contributed by atoms with Gasteiger partial charge in [0.25, 0.3) is 0 Å². The van der Waals surface area contributed by atoms with E-state index in [9.17, 15) is 0 Å². The van der Waals surface area contributed by atoms with Crippen molar-refractivity contribution in [1.82, 2.24) is 15.3 Å². The monoisotopic (exact) mass is 209 g/mol. The summed E-state index contributed by atoms with van der Waals surface area (Å²) >= 11 is 0. The standard InChI is InChI=1S/C11H19N3O/c1-2-10(3-4-15)5-12-6-11-7-13-9-14-8-11/h7-10,12,15H,2-6H2,1H3. The van der Waals surface area contributed by atoms with Gasteiger partial charge in [0.15, 0.2) is 0 Å². The molecule has 0 aliphatic rings. The third-order valence-corrected chi connectivity index (χ3v) is 2.49. The Balaban J connectivity index is 2.20. The lowest BCUT2D eigenvalue weighted by atomic mass is 10.0. The van der Waals surface area contributed by atoms with E-state index < -0.39 is 0 Å². The molecule has 0 amide bonds.